The van der Waals surface area contributed by atoms with Crippen LogP contribution in [0.3, 0.4) is 0 Å². The molecule has 6 nitrogen and oxygen atoms in total. The second kappa shape index (κ2) is 6.74. The minimum atomic E-state index is -2.27. The number of rotatable bonds is 5. The second-order valence-electron chi connectivity index (χ2n) is 7.59. The molecule has 5 rings (SSSR count). The number of hydrogen-bond donors (Lipinski definition) is 3. The van der Waals surface area contributed by atoms with Gasteiger partial charge in [-0.05, 0) is 36.1 Å². The Bertz CT molecular complexity index is 1270. The first-order chi connectivity index (χ1) is 14.5. The summed E-state index contributed by atoms with van der Waals surface area (Å²) in [6.07, 6.45) is 3.83. The Balaban J connectivity index is 1.62. The SMILES string of the molecule is NC(=O)C(O)(c1ccccc1)c1ccc(-c2ccnc3nc(C4CC4)[nH]c23)cc1F. The molecule has 1 unspecified atom stereocenters. The zero-order valence-corrected chi connectivity index (χ0v) is 16.0. The van der Waals surface area contributed by atoms with E-state index in [1.54, 1.807) is 36.5 Å². The third kappa shape index (κ3) is 2.86. The van der Waals surface area contributed by atoms with Crippen LogP contribution in [0.4, 0.5) is 4.39 Å². The normalized spacial score (nSPS) is 15.8. The Kier molecular flexibility index (Phi) is 4.15. The molecule has 0 bridgehead atoms. The number of H-pyrrole nitrogens is 1. The van der Waals surface area contributed by atoms with Crippen LogP contribution in [0, 0.1) is 5.82 Å². The maximum atomic E-state index is 15.2. The number of aromatic amines is 1. The molecule has 1 amide bonds. The van der Waals surface area contributed by atoms with E-state index in [9.17, 15) is 9.90 Å². The summed E-state index contributed by atoms with van der Waals surface area (Å²) in [5.74, 6) is -0.448. The van der Waals surface area contributed by atoms with Gasteiger partial charge in [-0.2, -0.15) is 0 Å². The predicted octanol–water partition coefficient (Wildman–Crippen LogP) is 3.36. The second-order valence-corrected chi connectivity index (χ2v) is 7.59. The van der Waals surface area contributed by atoms with Crippen molar-refractivity contribution in [2.24, 2.45) is 5.73 Å². The fraction of sp³-hybridized carbons (Fsp3) is 0.174. The van der Waals surface area contributed by atoms with Gasteiger partial charge in [0.2, 0.25) is 0 Å². The van der Waals surface area contributed by atoms with E-state index in [1.807, 2.05) is 0 Å². The van der Waals surface area contributed by atoms with Crippen LogP contribution < -0.4 is 5.73 Å². The molecule has 150 valence electrons. The molecule has 1 aliphatic rings. The number of carbonyl (C=O) groups is 1. The summed E-state index contributed by atoms with van der Waals surface area (Å²) in [6, 6.07) is 14.2. The number of nitrogens with two attached hydrogens (primary N) is 1. The average Bonchev–Trinajstić information content (AvgIpc) is 3.51. The van der Waals surface area contributed by atoms with Crippen molar-refractivity contribution in [1.82, 2.24) is 15.0 Å². The highest BCUT2D eigenvalue weighted by atomic mass is 19.1. The van der Waals surface area contributed by atoms with Crippen molar-refractivity contribution in [2.75, 3.05) is 0 Å². The zero-order chi connectivity index (χ0) is 20.9. The topological polar surface area (TPSA) is 105 Å². The number of carbonyl (C=O) groups excluding carboxylic acids is 1. The Hall–Kier alpha value is -3.58. The first kappa shape index (κ1) is 18.4. The highest BCUT2D eigenvalue weighted by molar-refractivity contribution is 5.91. The molecule has 1 fully saturated rings. The number of primary amides is 1. The number of nitrogens with one attached hydrogen (secondary N) is 1. The van der Waals surface area contributed by atoms with Crippen LogP contribution in [-0.4, -0.2) is 26.0 Å². The van der Waals surface area contributed by atoms with Crippen molar-refractivity contribution < 1.29 is 14.3 Å². The molecule has 0 aliphatic heterocycles. The number of fused-ring (bicyclic) bond motifs is 1. The Morgan fingerprint density at radius 2 is 1.93 bits per heavy atom. The average molecular weight is 402 g/mol. The highest BCUT2D eigenvalue weighted by Gasteiger charge is 2.40. The lowest BCUT2D eigenvalue weighted by molar-refractivity contribution is -0.133. The van der Waals surface area contributed by atoms with Crippen molar-refractivity contribution >= 4 is 17.1 Å². The minimum absolute atomic E-state index is 0.196. The van der Waals surface area contributed by atoms with Gasteiger partial charge >= 0.3 is 0 Å². The quantitative estimate of drug-likeness (QED) is 0.476. The van der Waals surface area contributed by atoms with E-state index in [1.165, 1.54) is 24.3 Å². The van der Waals surface area contributed by atoms with E-state index >= 15 is 4.39 Å². The van der Waals surface area contributed by atoms with Gasteiger partial charge in [0.25, 0.3) is 5.91 Å². The molecule has 0 radical (unpaired) electrons. The zero-order valence-electron chi connectivity index (χ0n) is 16.0. The number of imidazole rings is 1. The summed E-state index contributed by atoms with van der Waals surface area (Å²) < 4.78 is 15.2. The third-order valence-corrected chi connectivity index (χ3v) is 5.59. The molecule has 4 N–H and O–H groups in total. The maximum Gasteiger partial charge on any atom is 0.258 e. The first-order valence-corrected chi connectivity index (χ1v) is 9.71. The predicted molar refractivity (Wildman–Crippen MR) is 110 cm³/mol. The van der Waals surface area contributed by atoms with E-state index < -0.39 is 17.3 Å². The number of amides is 1. The number of aliphatic hydroxyl groups is 1. The fourth-order valence-corrected chi connectivity index (χ4v) is 3.81. The van der Waals surface area contributed by atoms with Crippen molar-refractivity contribution in [3.05, 3.63) is 83.6 Å². The van der Waals surface area contributed by atoms with Gasteiger partial charge in [0.1, 0.15) is 11.6 Å². The van der Waals surface area contributed by atoms with Gasteiger partial charge in [-0.25, -0.2) is 14.4 Å². The number of benzene rings is 2. The Morgan fingerprint density at radius 1 is 1.17 bits per heavy atom. The van der Waals surface area contributed by atoms with Crippen LogP contribution in [0.25, 0.3) is 22.3 Å². The van der Waals surface area contributed by atoms with E-state index in [0.717, 1.165) is 29.7 Å². The van der Waals surface area contributed by atoms with Gasteiger partial charge in [-0.15, -0.1) is 0 Å². The third-order valence-electron chi connectivity index (χ3n) is 5.59. The van der Waals surface area contributed by atoms with Crippen LogP contribution >= 0.6 is 0 Å². The summed E-state index contributed by atoms with van der Waals surface area (Å²) in [4.78, 5) is 24.3. The number of halogens is 1. The molecule has 4 aromatic rings. The lowest BCUT2D eigenvalue weighted by Crippen LogP contribution is -2.42. The van der Waals surface area contributed by atoms with Gasteiger partial charge < -0.3 is 15.8 Å². The van der Waals surface area contributed by atoms with Crippen molar-refractivity contribution in [3.63, 3.8) is 0 Å². The number of pyridine rings is 1. The van der Waals surface area contributed by atoms with E-state index in [2.05, 4.69) is 15.0 Å². The Morgan fingerprint density at radius 3 is 2.60 bits per heavy atom. The van der Waals surface area contributed by atoms with Crippen LogP contribution in [-0.2, 0) is 10.4 Å². The molecule has 2 aromatic heterocycles. The standard InChI is InChI=1S/C23H19FN4O2/c24-18-12-14(16-10-11-26-21-19(16)27-20(28-21)13-6-7-13)8-9-17(18)23(30,22(25)29)15-4-2-1-3-5-15/h1-5,8-13,30H,6-7H2,(H2,25,29)(H,26,27,28). The van der Waals surface area contributed by atoms with E-state index in [0.29, 0.717) is 17.1 Å². The lowest BCUT2D eigenvalue weighted by Gasteiger charge is -2.26. The monoisotopic (exact) mass is 402 g/mol. The highest BCUT2D eigenvalue weighted by Crippen LogP contribution is 2.40. The molecule has 7 heteroatoms. The van der Waals surface area contributed by atoms with Crippen molar-refractivity contribution in [1.29, 1.82) is 0 Å². The van der Waals surface area contributed by atoms with Gasteiger partial charge in [-0.3, -0.25) is 4.79 Å². The maximum absolute atomic E-state index is 15.2. The summed E-state index contributed by atoms with van der Waals surface area (Å²) >= 11 is 0. The first-order valence-electron chi connectivity index (χ1n) is 9.71. The van der Waals surface area contributed by atoms with Crippen LogP contribution in [0.1, 0.15) is 35.7 Å². The smallest absolute Gasteiger partial charge is 0.258 e. The fourth-order valence-electron chi connectivity index (χ4n) is 3.81. The summed E-state index contributed by atoms with van der Waals surface area (Å²) in [6.45, 7) is 0. The number of nitrogens with zero attached hydrogens (tertiary/aromatic N) is 2. The summed E-state index contributed by atoms with van der Waals surface area (Å²) in [5, 5.41) is 11.1. The van der Waals surface area contributed by atoms with Crippen LogP contribution in [0.2, 0.25) is 0 Å². The van der Waals surface area contributed by atoms with Gasteiger partial charge in [0.05, 0.1) is 5.52 Å². The largest absolute Gasteiger partial charge is 0.372 e. The minimum Gasteiger partial charge on any atom is -0.372 e. The summed E-state index contributed by atoms with van der Waals surface area (Å²) in [5.41, 5.74) is 5.86. The molecule has 0 saturated heterocycles. The van der Waals surface area contributed by atoms with Crippen LogP contribution in [0.15, 0.2) is 60.8 Å². The van der Waals surface area contributed by atoms with Crippen LogP contribution in [0.5, 0.6) is 0 Å². The number of hydrogen-bond acceptors (Lipinski definition) is 4. The number of aromatic nitrogens is 3. The Labute approximate surface area is 171 Å². The molecule has 1 aliphatic carbocycles. The molecule has 0 spiro atoms. The molecule has 2 heterocycles. The summed E-state index contributed by atoms with van der Waals surface area (Å²) in [7, 11) is 0. The van der Waals surface area contributed by atoms with Gasteiger partial charge in [-0.1, -0.05) is 42.5 Å². The molecule has 1 saturated carbocycles. The van der Waals surface area contributed by atoms with Crippen molar-refractivity contribution in [2.45, 2.75) is 24.4 Å². The van der Waals surface area contributed by atoms with E-state index in [-0.39, 0.29) is 11.1 Å². The lowest BCUT2D eigenvalue weighted by atomic mass is 9.84. The molecular formula is C23H19FN4O2. The van der Waals surface area contributed by atoms with Crippen molar-refractivity contribution in [3.8, 4) is 11.1 Å². The van der Waals surface area contributed by atoms with Gasteiger partial charge in [0, 0.05) is 23.2 Å². The molecule has 2 aromatic carbocycles. The molecule has 30 heavy (non-hydrogen) atoms. The molecule has 1 atom stereocenters. The van der Waals surface area contributed by atoms with E-state index in [4.69, 9.17) is 5.73 Å². The molecular weight excluding hydrogens is 383 g/mol. The van der Waals surface area contributed by atoms with Gasteiger partial charge in [0.15, 0.2) is 11.2 Å².